The number of hydrogen-bond acceptors (Lipinski definition) is 6. The molecule has 0 spiro atoms. The van der Waals surface area contributed by atoms with E-state index in [4.69, 9.17) is 0 Å². The fourth-order valence-corrected chi connectivity index (χ4v) is 3.87. The molecule has 0 aliphatic carbocycles. The number of halogens is 3. The summed E-state index contributed by atoms with van der Waals surface area (Å²) in [6.45, 7) is -0.00238. The van der Waals surface area contributed by atoms with Crippen LogP contribution in [-0.2, 0) is 9.84 Å². The Labute approximate surface area is 149 Å². The predicted molar refractivity (Wildman–Crippen MR) is 89.9 cm³/mol. The van der Waals surface area contributed by atoms with Crippen LogP contribution in [0.5, 0.6) is 0 Å². The van der Waals surface area contributed by atoms with Crippen molar-refractivity contribution < 1.29 is 26.5 Å². The van der Waals surface area contributed by atoms with E-state index in [1.54, 1.807) is 0 Å². The van der Waals surface area contributed by atoms with Crippen molar-refractivity contribution in [3.05, 3.63) is 28.3 Å². The van der Waals surface area contributed by atoms with Crippen LogP contribution in [0.3, 0.4) is 0 Å². The van der Waals surface area contributed by atoms with E-state index >= 15 is 0 Å². The van der Waals surface area contributed by atoms with Gasteiger partial charge in [0.15, 0.2) is 9.84 Å². The van der Waals surface area contributed by atoms with Crippen LogP contribution in [0.25, 0.3) is 0 Å². The smallest absolute Gasteiger partial charge is 0.379 e. The topological polar surface area (TPSA) is 92.6 Å². The number of rotatable bonds is 6. The second-order valence-electron chi connectivity index (χ2n) is 6.40. The summed E-state index contributed by atoms with van der Waals surface area (Å²) in [4.78, 5) is 11.5. The molecular weight excluding hydrogens is 375 g/mol. The summed E-state index contributed by atoms with van der Waals surface area (Å²) in [7, 11) is -3.76. The second kappa shape index (κ2) is 7.78. The minimum atomic E-state index is -4.22. The molecule has 1 aromatic rings. The van der Waals surface area contributed by atoms with Gasteiger partial charge in [-0.15, -0.1) is 0 Å². The summed E-state index contributed by atoms with van der Waals surface area (Å²) < 4.78 is 60.7. The lowest BCUT2D eigenvalue weighted by molar-refractivity contribution is -0.386. The van der Waals surface area contributed by atoms with Crippen LogP contribution in [0.2, 0.25) is 0 Å². The summed E-state index contributed by atoms with van der Waals surface area (Å²) in [6, 6.07) is 4.01. The highest BCUT2D eigenvalue weighted by atomic mass is 32.2. The van der Waals surface area contributed by atoms with Crippen LogP contribution in [0.15, 0.2) is 23.1 Å². The monoisotopic (exact) mass is 395 g/mol. The summed E-state index contributed by atoms with van der Waals surface area (Å²) >= 11 is 0. The van der Waals surface area contributed by atoms with Crippen LogP contribution in [0.1, 0.15) is 12.8 Å². The largest absolute Gasteiger partial charge is 0.401 e. The third-order valence-electron chi connectivity index (χ3n) is 4.27. The predicted octanol–water partition coefficient (Wildman–Crippen LogP) is 2.68. The van der Waals surface area contributed by atoms with Gasteiger partial charge in [-0.1, -0.05) is 6.07 Å². The Hall–Kier alpha value is -1.88. The molecule has 0 radical (unpaired) electrons. The van der Waals surface area contributed by atoms with Crippen molar-refractivity contribution in [1.82, 2.24) is 4.90 Å². The van der Waals surface area contributed by atoms with Crippen LogP contribution in [0.4, 0.5) is 24.5 Å². The van der Waals surface area contributed by atoms with Crippen LogP contribution < -0.4 is 5.32 Å². The van der Waals surface area contributed by atoms with E-state index in [0.29, 0.717) is 32.5 Å². The van der Waals surface area contributed by atoms with Gasteiger partial charge in [-0.3, -0.25) is 15.0 Å². The second-order valence-corrected chi connectivity index (χ2v) is 8.38. The van der Waals surface area contributed by atoms with Gasteiger partial charge in [0.1, 0.15) is 10.6 Å². The average molecular weight is 395 g/mol. The van der Waals surface area contributed by atoms with Crippen molar-refractivity contribution in [3.63, 3.8) is 0 Å². The maximum Gasteiger partial charge on any atom is 0.401 e. The molecule has 146 valence electrons. The molecule has 2 rings (SSSR count). The molecule has 0 saturated carbocycles. The van der Waals surface area contributed by atoms with E-state index in [1.165, 1.54) is 23.1 Å². The molecular formula is C15H20F3N3O4S. The third kappa shape index (κ3) is 5.56. The van der Waals surface area contributed by atoms with Crippen molar-refractivity contribution in [3.8, 4) is 0 Å². The number of sulfone groups is 1. The first-order valence-electron chi connectivity index (χ1n) is 7.98. The lowest BCUT2D eigenvalue weighted by Crippen LogP contribution is -2.41. The number of alkyl halides is 3. The van der Waals surface area contributed by atoms with E-state index in [2.05, 4.69) is 5.32 Å². The molecule has 1 aliphatic rings. The highest BCUT2D eigenvalue weighted by Gasteiger charge is 2.32. The molecule has 1 saturated heterocycles. The molecule has 26 heavy (non-hydrogen) atoms. The van der Waals surface area contributed by atoms with Gasteiger partial charge in [0, 0.05) is 12.8 Å². The number of nitrogens with zero attached hydrogens (tertiary/aromatic N) is 2. The molecule has 1 heterocycles. The van der Waals surface area contributed by atoms with Crippen LogP contribution in [-0.4, -0.2) is 56.9 Å². The Bertz CT molecular complexity index is 760. The van der Waals surface area contributed by atoms with Gasteiger partial charge in [-0.05, 0) is 44.0 Å². The maximum absolute atomic E-state index is 12.4. The molecule has 1 fully saturated rings. The molecule has 0 unspecified atom stereocenters. The number of benzene rings is 1. The SMILES string of the molecule is CS(=O)(=O)c1cccc(NCC2CCN(CC(F)(F)F)CC2)c1[N+](=O)[O-]. The zero-order valence-corrected chi connectivity index (χ0v) is 14.9. The quantitative estimate of drug-likeness (QED) is 0.588. The number of nitro benzene ring substituents is 1. The summed E-state index contributed by atoms with van der Waals surface area (Å²) in [5.74, 6) is 0.0565. The first kappa shape index (κ1) is 20.4. The molecule has 0 atom stereocenters. The van der Waals surface area contributed by atoms with Gasteiger partial charge in [-0.25, -0.2) is 8.42 Å². The Balaban J connectivity index is 2.02. The zero-order chi connectivity index (χ0) is 19.5. The molecule has 0 aromatic heterocycles. The molecule has 0 amide bonds. The van der Waals surface area contributed by atoms with Gasteiger partial charge in [0.05, 0.1) is 11.5 Å². The number of likely N-dealkylation sites (tertiary alicyclic amines) is 1. The van der Waals surface area contributed by atoms with Gasteiger partial charge in [0.25, 0.3) is 0 Å². The first-order valence-corrected chi connectivity index (χ1v) is 9.87. The van der Waals surface area contributed by atoms with Gasteiger partial charge in [0.2, 0.25) is 0 Å². The summed E-state index contributed by atoms with van der Waals surface area (Å²) in [5.41, 5.74) is -0.417. The molecule has 11 heteroatoms. The molecule has 1 N–H and O–H groups in total. The lowest BCUT2D eigenvalue weighted by Gasteiger charge is -2.32. The Morgan fingerprint density at radius 2 is 1.92 bits per heavy atom. The van der Waals surface area contributed by atoms with Crippen molar-refractivity contribution in [2.75, 3.05) is 37.8 Å². The van der Waals surface area contributed by atoms with E-state index in [0.717, 1.165) is 6.26 Å². The Morgan fingerprint density at radius 3 is 2.42 bits per heavy atom. The zero-order valence-electron chi connectivity index (χ0n) is 14.1. The number of piperidine rings is 1. The normalized spacial score (nSPS) is 17.2. The van der Waals surface area contributed by atoms with Gasteiger partial charge >= 0.3 is 11.9 Å². The van der Waals surface area contributed by atoms with E-state index in [1.807, 2.05) is 0 Å². The van der Waals surface area contributed by atoms with Crippen molar-refractivity contribution in [2.24, 2.45) is 5.92 Å². The standard InChI is InChI=1S/C15H20F3N3O4S/c1-26(24,25)13-4-2-3-12(14(13)21(22)23)19-9-11-5-7-20(8-6-11)10-15(16,17)18/h2-4,11,19H,5-10H2,1H3. The minimum Gasteiger partial charge on any atom is -0.379 e. The highest BCUT2D eigenvalue weighted by Crippen LogP contribution is 2.32. The summed E-state index contributed by atoms with van der Waals surface area (Å²) in [6.07, 6.45) is -2.27. The van der Waals surface area contributed by atoms with E-state index in [9.17, 15) is 31.7 Å². The fourth-order valence-electron chi connectivity index (χ4n) is 3.01. The van der Waals surface area contributed by atoms with Gasteiger partial charge in [-0.2, -0.15) is 13.2 Å². The molecule has 1 aliphatic heterocycles. The molecule has 0 bridgehead atoms. The highest BCUT2D eigenvalue weighted by molar-refractivity contribution is 7.90. The number of nitro groups is 1. The van der Waals surface area contributed by atoms with Crippen molar-refractivity contribution in [1.29, 1.82) is 0 Å². The number of nitrogens with one attached hydrogen (secondary N) is 1. The summed E-state index contributed by atoms with van der Waals surface area (Å²) in [5, 5.41) is 14.2. The van der Waals surface area contributed by atoms with Gasteiger partial charge < -0.3 is 5.32 Å². The molecule has 1 aromatic carbocycles. The van der Waals surface area contributed by atoms with Crippen LogP contribution >= 0.6 is 0 Å². The lowest BCUT2D eigenvalue weighted by atomic mass is 9.96. The van der Waals surface area contributed by atoms with Crippen molar-refractivity contribution >= 4 is 21.2 Å². The maximum atomic E-state index is 12.4. The Kier molecular flexibility index (Phi) is 6.12. The Morgan fingerprint density at radius 1 is 1.31 bits per heavy atom. The third-order valence-corrected chi connectivity index (χ3v) is 5.40. The number of anilines is 1. The first-order chi connectivity index (χ1) is 12.0. The van der Waals surface area contributed by atoms with E-state index in [-0.39, 0.29) is 16.5 Å². The number of para-hydroxylation sites is 1. The number of hydrogen-bond donors (Lipinski definition) is 1. The minimum absolute atomic E-state index is 0.0565. The van der Waals surface area contributed by atoms with Crippen LogP contribution in [0, 0.1) is 16.0 Å². The van der Waals surface area contributed by atoms with Crippen molar-refractivity contribution in [2.45, 2.75) is 23.9 Å². The van der Waals surface area contributed by atoms with E-state index < -0.39 is 33.2 Å². The fraction of sp³-hybridized carbons (Fsp3) is 0.600. The molecule has 7 nitrogen and oxygen atoms in total. The average Bonchev–Trinajstić information content (AvgIpc) is 2.51.